The zero-order chi connectivity index (χ0) is 28.1. The molecule has 0 fully saturated rings. The van der Waals surface area contributed by atoms with E-state index < -0.39 is 12.2 Å². The molecule has 5 heteroatoms. The van der Waals surface area contributed by atoms with Gasteiger partial charge in [0.2, 0.25) is 0 Å². The molecule has 0 saturated carbocycles. The summed E-state index contributed by atoms with van der Waals surface area (Å²) in [5, 5.41) is 29.3. The molecule has 0 aliphatic rings. The van der Waals surface area contributed by atoms with E-state index in [2.05, 4.69) is 50.8 Å². The van der Waals surface area contributed by atoms with Gasteiger partial charge in [-0.15, -0.1) is 0 Å². The summed E-state index contributed by atoms with van der Waals surface area (Å²) in [5.41, 5.74) is 1.14. The minimum absolute atomic E-state index is 0. The molecule has 3 atom stereocenters. The molecule has 0 saturated heterocycles. The maximum atomic E-state index is 9.76. The molecule has 3 N–H and O–H groups in total. The van der Waals surface area contributed by atoms with Gasteiger partial charge in [-0.2, -0.15) is 0 Å². The monoisotopic (exact) mass is 597 g/mol. The Labute approximate surface area is 234 Å². The van der Waals surface area contributed by atoms with E-state index >= 15 is 0 Å². The summed E-state index contributed by atoms with van der Waals surface area (Å²) < 4.78 is 7.52. The molecule has 0 heterocycles. The van der Waals surface area contributed by atoms with E-state index in [9.17, 15) is 15.3 Å². The van der Waals surface area contributed by atoms with Gasteiger partial charge in [0.05, 0.1) is 24.9 Å². The number of benzene rings is 1. The van der Waals surface area contributed by atoms with Gasteiger partial charge in [0.25, 0.3) is 0 Å². The molecule has 215 valence electrons. The topological polar surface area (TPSA) is 69.9 Å². The second-order valence-electron chi connectivity index (χ2n) is 13.8. The van der Waals surface area contributed by atoms with Gasteiger partial charge in [0.1, 0.15) is 0 Å². The average Bonchev–Trinajstić information content (AvgIpc) is 2.69. The van der Waals surface area contributed by atoms with Crippen molar-refractivity contribution < 1.29 is 37.9 Å². The Morgan fingerprint density at radius 3 is 1.39 bits per heavy atom. The van der Waals surface area contributed by atoms with Crippen LogP contribution in [0.15, 0.2) is 30.3 Å². The molecular weight excluding hydrogens is 537 g/mol. The molecule has 0 radical (unpaired) electrons. The number of ether oxygens (including phenoxy) is 1. The predicted molar refractivity (Wildman–Crippen MR) is 154 cm³/mol. The van der Waals surface area contributed by atoms with Gasteiger partial charge in [-0.3, -0.25) is 0 Å². The van der Waals surface area contributed by atoms with Gasteiger partial charge in [-0.25, -0.2) is 0 Å². The second-order valence-corrected chi connectivity index (χ2v) is 14.3. The van der Waals surface area contributed by atoms with Gasteiger partial charge in [-0.05, 0) is 28.1 Å². The minimum atomic E-state index is -0.443. The van der Waals surface area contributed by atoms with Crippen LogP contribution in [-0.2, 0) is 22.6 Å². The number of rotatable bonds is 7. The summed E-state index contributed by atoms with van der Waals surface area (Å²) >= 11 is 2.48. The van der Waals surface area contributed by atoms with Crippen molar-refractivity contribution in [3.05, 3.63) is 43.3 Å². The van der Waals surface area contributed by atoms with Crippen LogP contribution in [0.4, 0.5) is 0 Å². The number of hydrogen-bond donors (Lipinski definition) is 3. The Kier molecular flexibility index (Phi) is 20.0. The van der Waals surface area contributed by atoms with Crippen LogP contribution >= 0.6 is 0 Å². The van der Waals surface area contributed by atoms with E-state index in [-0.39, 0.29) is 35.2 Å². The summed E-state index contributed by atoms with van der Waals surface area (Å²) in [7, 11) is 0. The van der Waals surface area contributed by atoms with Gasteiger partial charge in [0, 0.05) is 13.0 Å². The Bertz CT molecular complexity index is 643. The Morgan fingerprint density at radius 1 is 0.722 bits per heavy atom. The third kappa shape index (κ3) is 22.7. The van der Waals surface area contributed by atoms with Crippen LogP contribution in [-0.4, -0.2) is 51.5 Å². The molecule has 3 unspecified atom stereocenters. The molecule has 0 spiro atoms. The van der Waals surface area contributed by atoms with Crippen LogP contribution in [0.25, 0.3) is 0 Å². The van der Waals surface area contributed by atoms with E-state index in [0.717, 1.165) is 13.0 Å². The van der Waals surface area contributed by atoms with Crippen molar-refractivity contribution in [3.63, 3.8) is 0 Å². The number of aliphatic hydroxyl groups excluding tert-OH is 3. The molecule has 4 nitrogen and oxygen atoms in total. The fraction of sp³-hybridized carbons (Fsp3) is 0.742. The zero-order valence-electron chi connectivity index (χ0n) is 25.6. The van der Waals surface area contributed by atoms with Crippen molar-refractivity contribution >= 4 is 4.61 Å². The Balaban J connectivity index is -0.000000461. The first-order valence-electron chi connectivity index (χ1n) is 12.7. The first kappa shape index (κ1) is 40.1. The number of aliphatic hydroxyl groups is 3. The Morgan fingerprint density at radius 2 is 1.11 bits per heavy atom. The molecule has 1 aromatic rings. The SMILES string of the molecule is CC(C)(C)C(O)CC(O)C(C)(C)C.CC(C)(C)COCCC(O)C(C)(C)C.[CH3-].[Ru+]=[CH]c1ccccc1. The molecule has 1 aromatic carbocycles. The van der Waals surface area contributed by atoms with E-state index in [0.29, 0.717) is 13.0 Å². The van der Waals surface area contributed by atoms with Crippen molar-refractivity contribution in [2.45, 2.75) is 114 Å². The summed E-state index contributed by atoms with van der Waals surface area (Å²) in [4.78, 5) is 0. The van der Waals surface area contributed by atoms with E-state index in [1.165, 1.54) is 5.56 Å². The molecule has 0 aliphatic carbocycles. The summed E-state index contributed by atoms with van der Waals surface area (Å²) in [6.45, 7) is 25.8. The molecule has 0 bridgehead atoms. The average molecular weight is 597 g/mol. The normalized spacial score (nSPS) is 14.6. The summed E-state index contributed by atoms with van der Waals surface area (Å²) in [6.07, 6.45) is 0.0120. The molecule has 1 rings (SSSR count). The van der Waals surface area contributed by atoms with Crippen molar-refractivity contribution in [1.29, 1.82) is 0 Å². The molecule has 0 aromatic heterocycles. The Hall–Kier alpha value is -0.447. The maximum absolute atomic E-state index is 9.76. The fourth-order valence-corrected chi connectivity index (χ4v) is 2.78. The van der Waals surface area contributed by atoms with Crippen molar-refractivity contribution in [2.75, 3.05) is 13.2 Å². The quantitative estimate of drug-likeness (QED) is 0.183. The molecular formula is C31H59O4Ru. The van der Waals surface area contributed by atoms with Crippen molar-refractivity contribution in [2.24, 2.45) is 21.7 Å². The van der Waals surface area contributed by atoms with Gasteiger partial charge in [-0.1, -0.05) is 83.1 Å². The van der Waals surface area contributed by atoms with Crippen LogP contribution < -0.4 is 0 Å². The van der Waals surface area contributed by atoms with E-state index in [4.69, 9.17) is 4.74 Å². The van der Waals surface area contributed by atoms with E-state index in [1.54, 1.807) is 0 Å². The summed E-state index contributed by atoms with van der Waals surface area (Å²) in [5.74, 6) is 0. The summed E-state index contributed by atoms with van der Waals surface area (Å²) in [6, 6.07) is 10.2. The van der Waals surface area contributed by atoms with Gasteiger partial charge >= 0.3 is 58.4 Å². The van der Waals surface area contributed by atoms with Crippen LogP contribution in [0.5, 0.6) is 0 Å². The van der Waals surface area contributed by atoms with E-state index in [1.807, 2.05) is 85.1 Å². The van der Waals surface area contributed by atoms with Crippen LogP contribution in [0.3, 0.4) is 0 Å². The van der Waals surface area contributed by atoms with Crippen LogP contribution in [0, 0.1) is 29.1 Å². The first-order chi connectivity index (χ1) is 15.6. The zero-order valence-corrected chi connectivity index (χ0v) is 27.4. The van der Waals surface area contributed by atoms with Crippen molar-refractivity contribution in [1.82, 2.24) is 0 Å². The predicted octanol–water partition coefficient (Wildman–Crippen LogP) is 6.87. The third-order valence-electron chi connectivity index (χ3n) is 5.43. The standard InChI is InChI=1S/C12H26O2.C11H24O2.C7H6.CH3.Ru/c1-11(2,3)9-14-8-7-10(13)12(4,5)6;1-10(2,3)8(12)7-9(13)11(4,5)6;1-7-5-3-2-4-6-7;;/h10,13H,7-9H2,1-6H3;8-9,12-13H,7H2,1-6H3;1-6H;1H3;/q;;;-1;+1. The van der Waals surface area contributed by atoms with Crippen molar-refractivity contribution in [3.8, 4) is 0 Å². The van der Waals surface area contributed by atoms with Crippen LogP contribution in [0.2, 0.25) is 0 Å². The molecule has 0 amide bonds. The second kappa shape index (κ2) is 17.9. The van der Waals surface area contributed by atoms with Gasteiger partial charge < -0.3 is 27.5 Å². The third-order valence-corrected chi connectivity index (χ3v) is 6.01. The fourth-order valence-electron chi connectivity index (χ4n) is 2.45. The molecule has 0 aliphatic heterocycles. The van der Waals surface area contributed by atoms with Gasteiger partial charge in [0.15, 0.2) is 0 Å². The molecule has 36 heavy (non-hydrogen) atoms. The van der Waals surface area contributed by atoms with Crippen LogP contribution in [0.1, 0.15) is 101 Å². The first-order valence-corrected chi connectivity index (χ1v) is 13.7. The number of hydrogen-bond acceptors (Lipinski definition) is 4.